The Labute approximate surface area is 345 Å². The first-order valence-electron chi connectivity index (χ1n) is 20.5. The Morgan fingerprint density at radius 1 is 1.10 bits per heavy atom. The number of ether oxygens (including phenoxy) is 5. The first-order chi connectivity index (χ1) is 27.7. The van der Waals surface area contributed by atoms with E-state index in [1.165, 1.54) is 19.2 Å². The zero-order chi connectivity index (χ0) is 43.2. The summed E-state index contributed by atoms with van der Waals surface area (Å²) in [4.78, 5) is 54.6. The summed E-state index contributed by atoms with van der Waals surface area (Å²) in [6.45, 7) is 13.6. The Bertz CT molecular complexity index is 2020. The molecule has 59 heavy (non-hydrogen) atoms. The summed E-state index contributed by atoms with van der Waals surface area (Å²) in [5.41, 5.74) is -4.60. The summed E-state index contributed by atoms with van der Waals surface area (Å²) in [7, 11) is 3.67. The van der Waals surface area contributed by atoms with Crippen molar-refractivity contribution in [3.63, 3.8) is 0 Å². The van der Waals surface area contributed by atoms with Gasteiger partial charge in [0.05, 0.1) is 30.4 Å². The molecular weight excluding hydrogens is 766 g/mol. The number of aliphatic hydroxyl groups is 1. The van der Waals surface area contributed by atoms with E-state index < -0.39 is 83.0 Å². The topological polar surface area (TPSA) is 149 Å². The van der Waals surface area contributed by atoms with Gasteiger partial charge in [0.2, 0.25) is 0 Å². The number of rotatable bonds is 6. The third kappa shape index (κ3) is 8.48. The van der Waals surface area contributed by atoms with Crippen LogP contribution < -0.4 is 0 Å². The van der Waals surface area contributed by atoms with Gasteiger partial charge in [-0.3, -0.25) is 19.7 Å². The maximum Gasteiger partial charge on any atom is 0.410 e. The van der Waals surface area contributed by atoms with E-state index in [-0.39, 0.29) is 56.1 Å². The highest BCUT2D eigenvalue weighted by atomic mass is 19.1. The lowest BCUT2D eigenvalue weighted by Gasteiger charge is -2.47. The second-order valence-electron chi connectivity index (χ2n) is 17.4. The maximum absolute atomic E-state index is 17.0. The number of fused-ring (bicyclic) bond motifs is 2. The number of aromatic nitrogens is 1. The minimum Gasteiger partial charge on any atom is -0.455 e. The van der Waals surface area contributed by atoms with Crippen LogP contribution in [0.5, 0.6) is 0 Å². The van der Waals surface area contributed by atoms with E-state index in [9.17, 15) is 23.9 Å². The Hall–Kier alpha value is -4.07. The zero-order valence-electron chi connectivity index (χ0n) is 35.7. The number of benzene rings is 1. The number of alkyl halides is 1. The van der Waals surface area contributed by atoms with Gasteiger partial charge in [0.25, 0.3) is 5.67 Å². The average Bonchev–Trinajstić information content (AvgIpc) is 3.30. The minimum atomic E-state index is -3.18. The van der Waals surface area contributed by atoms with Crippen LogP contribution in [0.2, 0.25) is 0 Å². The lowest BCUT2D eigenvalue weighted by molar-refractivity contribution is -0.296. The van der Waals surface area contributed by atoms with Gasteiger partial charge in [0.1, 0.15) is 30.1 Å². The van der Waals surface area contributed by atoms with Crippen LogP contribution in [0.4, 0.5) is 13.6 Å². The van der Waals surface area contributed by atoms with Crippen LogP contribution in [-0.2, 0) is 33.3 Å². The summed E-state index contributed by atoms with van der Waals surface area (Å²) in [6, 6.07) is 5.34. The van der Waals surface area contributed by atoms with Crippen LogP contribution in [-0.4, -0.2) is 137 Å². The number of nitrogens with zero attached hydrogens (tertiary/aromatic N) is 4. The summed E-state index contributed by atoms with van der Waals surface area (Å²) in [5.74, 6) is 0.838. The number of hydrogen-bond acceptors (Lipinski definition) is 12. The van der Waals surface area contributed by atoms with Gasteiger partial charge < -0.3 is 33.7 Å². The summed E-state index contributed by atoms with van der Waals surface area (Å²) < 4.78 is 62.8. The first kappa shape index (κ1) is 44.5. The van der Waals surface area contributed by atoms with E-state index in [1.807, 2.05) is 39.8 Å². The van der Waals surface area contributed by atoms with Crippen molar-refractivity contribution in [3.8, 4) is 11.8 Å². The number of Topliss-reactive ketones (excluding diaryl/α,β-unsaturated/α-hetero) is 1. The van der Waals surface area contributed by atoms with E-state index in [2.05, 4.69) is 16.8 Å². The van der Waals surface area contributed by atoms with Gasteiger partial charge in [-0.25, -0.2) is 18.4 Å². The molecule has 4 aliphatic rings. The molecular formula is C44H58F2N4O9. The van der Waals surface area contributed by atoms with Crippen molar-refractivity contribution in [2.75, 3.05) is 33.8 Å². The van der Waals surface area contributed by atoms with Crippen LogP contribution in [0.3, 0.4) is 0 Å². The molecule has 0 aliphatic carbocycles. The van der Waals surface area contributed by atoms with Crippen LogP contribution in [0.25, 0.3) is 10.9 Å². The Morgan fingerprint density at radius 2 is 1.83 bits per heavy atom. The molecule has 1 aromatic heterocycles. The number of aliphatic imine (C=N–C) groups is 1. The predicted molar refractivity (Wildman–Crippen MR) is 215 cm³/mol. The van der Waals surface area contributed by atoms with Gasteiger partial charge >= 0.3 is 12.1 Å². The zero-order valence-corrected chi connectivity index (χ0v) is 35.7. The Kier molecular flexibility index (Phi) is 12.9. The lowest BCUT2D eigenvalue weighted by atomic mass is 9.72. The number of likely N-dealkylation sites (N-methyl/N-ethyl adjacent to an activating group) is 1. The number of hydrogen-bond donors (Lipinski definition) is 1. The van der Waals surface area contributed by atoms with Crippen molar-refractivity contribution in [3.05, 3.63) is 41.8 Å². The van der Waals surface area contributed by atoms with Crippen LogP contribution >= 0.6 is 0 Å². The molecule has 13 atom stereocenters. The number of para-hydroxylation sites is 1. The second-order valence-corrected chi connectivity index (χ2v) is 17.4. The molecule has 0 spiro atoms. The Morgan fingerprint density at radius 3 is 2.53 bits per heavy atom. The molecule has 3 saturated heterocycles. The highest BCUT2D eigenvalue weighted by Gasteiger charge is 2.62. The van der Waals surface area contributed by atoms with E-state index >= 15 is 4.39 Å². The molecule has 322 valence electrons. The molecule has 3 fully saturated rings. The predicted octanol–water partition coefficient (Wildman–Crippen LogP) is 5.28. The van der Waals surface area contributed by atoms with Gasteiger partial charge in [-0.2, -0.15) is 0 Å². The summed E-state index contributed by atoms with van der Waals surface area (Å²) in [6.07, 6.45) is -3.55. The van der Waals surface area contributed by atoms with Gasteiger partial charge in [-0.1, -0.05) is 51.7 Å². The third-order valence-electron chi connectivity index (χ3n) is 12.8. The number of esters is 1. The lowest BCUT2D eigenvalue weighted by Crippen LogP contribution is -2.61. The molecule has 2 bridgehead atoms. The van der Waals surface area contributed by atoms with Crippen molar-refractivity contribution in [1.29, 1.82) is 0 Å². The molecule has 0 radical (unpaired) electrons. The Balaban J connectivity index is 1.45. The SMILES string of the molecule is CC[C@H]1OC(=O)[C@@](C)(F)C(=O)[C@H](C)[C@@H](O[C@@H]2O[C@H](C)C[C@H](N(C)C)[C@H]2O)[C@@](C)(OCC#Cc2cnc3c(F)cccc3c2)C[C@@H](C)C2=NCCN3C(=O)O[C@@]1(C)[C@H]3[C@H]2C. The van der Waals surface area contributed by atoms with Crippen LogP contribution in [0, 0.1) is 35.4 Å². The van der Waals surface area contributed by atoms with Crippen molar-refractivity contribution >= 4 is 34.5 Å². The molecule has 15 heteroatoms. The van der Waals surface area contributed by atoms with Gasteiger partial charge in [-0.05, 0) is 79.1 Å². The number of cyclic esters (lactones) is 1. The molecule has 0 unspecified atom stereocenters. The van der Waals surface area contributed by atoms with E-state index in [0.29, 0.717) is 17.4 Å². The molecule has 1 aromatic carbocycles. The standard InChI is InChI=1S/C44H58F2N4O9/c1-11-32-44(8)36-26(4)33(47-17-18-50(36)41(54)59-44)24(2)22-42(6,55-19-13-14-28-21-29-15-12-16-30(45)34(29)48-23-28)38(27(5)37(52)43(7,46)40(53)57-32)58-39-35(51)31(49(9)10)20-25(3)56-39/h12,15-16,21,23-27,31-32,35-36,38-39,51H,11,17-20,22H2,1-10H3/t24-,25-,26+,27+,31+,32-,35-,36-,38-,39+,42+,43+,44-/m1/s1. The summed E-state index contributed by atoms with van der Waals surface area (Å²) in [5, 5.41) is 12.2. The highest BCUT2D eigenvalue weighted by molar-refractivity contribution is 6.08. The van der Waals surface area contributed by atoms with Crippen molar-refractivity contribution < 1.29 is 52.0 Å². The van der Waals surface area contributed by atoms with Gasteiger partial charge in [-0.15, -0.1) is 0 Å². The van der Waals surface area contributed by atoms with Gasteiger partial charge in [0.15, 0.2) is 17.7 Å². The monoisotopic (exact) mass is 824 g/mol. The number of amides is 1. The number of pyridine rings is 1. The van der Waals surface area contributed by atoms with Crippen LogP contribution in [0.15, 0.2) is 35.5 Å². The molecule has 0 saturated carbocycles. The molecule has 1 N–H and O–H groups in total. The van der Waals surface area contributed by atoms with Crippen molar-refractivity contribution in [1.82, 2.24) is 14.8 Å². The number of carbonyl (C=O) groups is 3. The summed E-state index contributed by atoms with van der Waals surface area (Å²) >= 11 is 0. The second kappa shape index (κ2) is 17.1. The fourth-order valence-corrected chi connectivity index (χ4v) is 9.78. The highest BCUT2D eigenvalue weighted by Crippen LogP contribution is 2.44. The van der Waals surface area contributed by atoms with E-state index in [4.69, 9.17) is 28.7 Å². The van der Waals surface area contributed by atoms with E-state index in [1.54, 1.807) is 43.9 Å². The fourth-order valence-electron chi connectivity index (χ4n) is 9.78. The molecule has 2 aromatic rings. The first-order valence-corrected chi connectivity index (χ1v) is 20.5. The van der Waals surface area contributed by atoms with Crippen molar-refractivity contribution in [2.24, 2.45) is 22.7 Å². The molecule has 4 aliphatic heterocycles. The minimum absolute atomic E-state index is 0.148. The number of ketones is 1. The smallest absolute Gasteiger partial charge is 0.410 e. The quantitative estimate of drug-likeness (QED) is 0.231. The largest absolute Gasteiger partial charge is 0.455 e. The number of halogens is 2. The van der Waals surface area contributed by atoms with Crippen molar-refractivity contribution in [2.45, 2.75) is 134 Å². The molecule has 5 heterocycles. The van der Waals surface area contributed by atoms with E-state index in [0.717, 1.165) is 12.6 Å². The van der Waals surface area contributed by atoms with Crippen LogP contribution in [0.1, 0.15) is 80.2 Å². The average molecular weight is 825 g/mol. The number of carbonyl (C=O) groups excluding carboxylic acids is 3. The molecule has 1 amide bonds. The van der Waals surface area contributed by atoms with Gasteiger partial charge in [0, 0.05) is 47.3 Å². The fraction of sp³-hybridized carbons (Fsp3) is 0.659. The normalized spacial score (nSPS) is 38.2. The maximum atomic E-state index is 17.0. The number of aliphatic hydroxyl groups excluding tert-OH is 1. The molecule has 6 rings (SSSR count). The third-order valence-corrected chi connectivity index (χ3v) is 12.8. The molecule has 13 nitrogen and oxygen atoms in total.